The minimum atomic E-state index is -1.67. The average molecular weight is 304 g/mol. The summed E-state index contributed by atoms with van der Waals surface area (Å²) in [6.07, 6.45) is 0.791. The molecule has 1 unspecified atom stereocenters. The highest BCUT2D eigenvalue weighted by atomic mass is 28.3. The quantitative estimate of drug-likeness (QED) is 0.787. The maximum Gasteiger partial charge on any atom is 0.330 e. The lowest BCUT2D eigenvalue weighted by molar-refractivity contribution is -0.143. The number of aliphatic hydroxyl groups is 1. The third-order valence-electron chi connectivity index (χ3n) is 3.10. The Morgan fingerprint density at radius 3 is 2.35 bits per heavy atom. The number of halogens is 1. The summed E-state index contributed by atoms with van der Waals surface area (Å²) in [5.41, 5.74) is -4.01. The largest absolute Gasteiger partial charge is 0.396 e. The smallest absolute Gasteiger partial charge is 0.330 e. The third kappa shape index (κ3) is 2.91. The summed E-state index contributed by atoms with van der Waals surface area (Å²) in [7, 11) is -1.67. The minimum absolute atomic E-state index is 0.507. The zero-order valence-corrected chi connectivity index (χ0v) is 13.5. The van der Waals surface area contributed by atoms with Crippen LogP contribution in [0.2, 0.25) is 13.1 Å². The maximum absolute atomic E-state index is 13.5. The Labute approximate surface area is 117 Å². The fraction of sp³-hybridized carbons (Fsp3) is 0.667. The van der Waals surface area contributed by atoms with E-state index in [0.29, 0.717) is 0 Å². The van der Waals surface area contributed by atoms with Gasteiger partial charge in [0.25, 0.3) is 5.56 Å². The fourth-order valence-electron chi connectivity index (χ4n) is 2.05. The monoisotopic (exact) mass is 304 g/mol. The van der Waals surface area contributed by atoms with E-state index in [1.807, 2.05) is 18.1 Å². The van der Waals surface area contributed by atoms with Gasteiger partial charge in [-0.2, -0.15) is 4.39 Å². The van der Waals surface area contributed by atoms with Gasteiger partial charge in [-0.3, -0.25) is 14.3 Å². The highest BCUT2D eigenvalue weighted by molar-refractivity contribution is 6.48. The molecule has 0 radical (unpaired) electrons. The molecule has 0 saturated heterocycles. The van der Waals surface area contributed by atoms with Crippen LogP contribution in [0.5, 0.6) is 0 Å². The molecule has 0 amide bonds. The number of nitrogens with one attached hydrogen (secondary N) is 1. The van der Waals surface area contributed by atoms with Gasteiger partial charge < -0.3 is 9.53 Å². The van der Waals surface area contributed by atoms with Crippen molar-refractivity contribution >= 4 is 9.04 Å². The molecule has 0 saturated carbocycles. The first-order valence-electron chi connectivity index (χ1n) is 6.36. The van der Waals surface area contributed by atoms with Crippen molar-refractivity contribution in [2.45, 2.75) is 39.6 Å². The summed E-state index contributed by atoms with van der Waals surface area (Å²) in [6.45, 7) is 8.57. The van der Waals surface area contributed by atoms with Crippen LogP contribution in [0.15, 0.2) is 15.8 Å². The summed E-state index contributed by atoms with van der Waals surface area (Å²) < 4.78 is 20.3. The lowest BCUT2D eigenvalue weighted by Gasteiger charge is -2.45. The Morgan fingerprint density at radius 1 is 1.40 bits per heavy atom. The van der Waals surface area contributed by atoms with E-state index in [1.54, 1.807) is 20.8 Å². The van der Waals surface area contributed by atoms with E-state index in [0.717, 1.165) is 10.8 Å². The standard InChI is InChI=1S/C12H21FN2O4Si/c1-11(2,3)12(7-16,19-20(4)5)15-6-8(13)9(17)14-10(15)18/h6,16,20H,7H2,1-5H3,(H,14,17,18). The predicted octanol–water partition coefficient (Wildman–Crippen LogP) is 0.367. The van der Waals surface area contributed by atoms with Gasteiger partial charge in [-0.25, -0.2) is 4.79 Å². The van der Waals surface area contributed by atoms with Gasteiger partial charge in [-0.05, 0) is 13.1 Å². The second kappa shape index (κ2) is 5.62. The van der Waals surface area contributed by atoms with Gasteiger partial charge in [-0.1, -0.05) is 20.8 Å². The van der Waals surface area contributed by atoms with Crippen LogP contribution in [0, 0.1) is 11.2 Å². The van der Waals surface area contributed by atoms with Crippen molar-refractivity contribution in [2.24, 2.45) is 5.41 Å². The second-order valence-electron chi connectivity index (χ2n) is 5.97. The number of rotatable bonds is 4. The number of nitrogens with zero attached hydrogens (tertiary/aromatic N) is 1. The molecule has 0 spiro atoms. The Bertz CT molecular complexity index is 590. The van der Waals surface area contributed by atoms with Crippen molar-refractivity contribution in [3.63, 3.8) is 0 Å². The van der Waals surface area contributed by atoms with Crippen molar-refractivity contribution in [1.29, 1.82) is 0 Å². The highest BCUT2D eigenvalue weighted by Gasteiger charge is 2.46. The van der Waals surface area contributed by atoms with Crippen molar-refractivity contribution < 1.29 is 13.9 Å². The minimum Gasteiger partial charge on any atom is -0.396 e. The van der Waals surface area contributed by atoms with E-state index in [-0.39, 0.29) is 0 Å². The van der Waals surface area contributed by atoms with Gasteiger partial charge >= 0.3 is 5.69 Å². The molecular weight excluding hydrogens is 283 g/mol. The van der Waals surface area contributed by atoms with E-state index in [1.165, 1.54) is 0 Å². The first kappa shape index (κ1) is 16.8. The molecule has 114 valence electrons. The number of hydrogen-bond donors (Lipinski definition) is 2. The Kier molecular flexibility index (Phi) is 4.72. The molecule has 20 heavy (non-hydrogen) atoms. The second-order valence-corrected chi connectivity index (χ2v) is 8.30. The lowest BCUT2D eigenvalue weighted by atomic mass is 9.83. The van der Waals surface area contributed by atoms with Gasteiger partial charge in [0.05, 0.1) is 12.8 Å². The van der Waals surface area contributed by atoms with E-state index in [9.17, 15) is 19.1 Å². The number of aromatic amines is 1. The van der Waals surface area contributed by atoms with Crippen LogP contribution >= 0.6 is 0 Å². The van der Waals surface area contributed by atoms with Crippen molar-refractivity contribution in [1.82, 2.24) is 9.55 Å². The summed E-state index contributed by atoms with van der Waals surface area (Å²) >= 11 is 0. The molecule has 2 N–H and O–H groups in total. The first-order valence-corrected chi connectivity index (χ1v) is 9.14. The molecule has 1 heterocycles. The zero-order chi connectivity index (χ0) is 15.7. The van der Waals surface area contributed by atoms with Gasteiger partial charge in [0.2, 0.25) is 5.82 Å². The van der Waals surface area contributed by atoms with Crippen LogP contribution in [0.4, 0.5) is 4.39 Å². The fourth-order valence-corrected chi connectivity index (χ4v) is 3.37. The molecule has 1 rings (SSSR count). The average Bonchev–Trinajstić information content (AvgIpc) is 2.29. The molecule has 0 aliphatic carbocycles. The van der Waals surface area contributed by atoms with E-state index < -0.39 is 43.9 Å². The summed E-state index contributed by atoms with van der Waals surface area (Å²) in [5, 5.41) is 9.82. The van der Waals surface area contributed by atoms with Gasteiger partial charge in [-0.15, -0.1) is 0 Å². The van der Waals surface area contributed by atoms with Crippen molar-refractivity contribution in [3.8, 4) is 0 Å². The first-order chi connectivity index (χ1) is 9.05. The summed E-state index contributed by atoms with van der Waals surface area (Å²) in [5.74, 6) is -1.10. The van der Waals surface area contributed by atoms with E-state index in [2.05, 4.69) is 0 Å². The Morgan fingerprint density at radius 2 is 1.95 bits per heavy atom. The van der Waals surface area contributed by atoms with Crippen LogP contribution in [-0.4, -0.2) is 30.3 Å². The third-order valence-corrected chi connectivity index (χ3v) is 3.97. The van der Waals surface area contributed by atoms with Crippen molar-refractivity contribution in [2.75, 3.05) is 6.61 Å². The van der Waals surface area contributed by atoms with E-state index in [4.69, 9.17) is 4.43 Å². The Balaban J connectivity index is 3.65. The number of aromatic nitrogens is 2. The predicted molar refractivity (Wildman–Crippen MR) is 75.8 cm³/mol. The topological polar surface area (TPSA) is 84.3 Å². The normalized spacial score (nSPS) is 15.4. The van der Waals surface area contributed by atoms with Crippen LogP contribution in [0.25, 0.3) is 0 Å². The van der Waals surface area contributed by atoms with Gasteiger partial charge in [0.1, 0.15) is 0 Å². The molecule has 0 fully saturated rings. The number of H-pyrrole nitrogens is 1. The zero-order valence-electron chi connectivity index (χ0n) is 12.4. The van der Waals surface area contributed by atoms with Gasteiger partial charge in [0, 0.05) is 5.41 Å². The number of aliphatic hydroxyl groups excluding tert-OH is 1. The van der Waals surface area contributed by atoms with Crippen molar-refractivity contribution in [3.05, 3.63) is 32.9 Å². The molecule has 0 aliphatic heterocycles. The summed E-state index contributed by atoms with van der Waals surface area (Å²) in [6, 6.07) is 0. The Hall–Kier alpha value is -1.25. The SMILES string of the molecule is C[SiH](C)OC(CO)(n1cc(F)c(=O)[nH]c1=O)C(C)(C)C. The molecule has 6 nitrogen and oxygen atoms in total. The molecular formula is C12H21FN2O4Si. The van der Waals surface area contributed by atoms with Crippen LogP contribution < -0.4 is 11.2 Å². The van der Waals surface area contributed by atoms with Crippen LogP contribution in [0.1, 0.15) is 20.8 Å². The van der Waals surface area contributed by atoms with Crippen LogP contribution in [0.3, 0.4) is 0 Å². The highest BCUT2D eigenvalue weighted by Crippen LogP contribution is 2.37. The molecule has 0 aliphatic rings. The van der Waals surface area contributed by atoms with E-state index >= 15 is 0 Å². The molecule has 1 aromatic rings. The molecule has 1 atom stereocenters. The van der Waals surface area contributed by atoms with Gasteiger partial charge in [0.15, 0.2) is 14.8 Å². The van der Waals surface area contributed by atoms with Crippen LogP contribution in [-0.2, 0) is 10.2 Å². The number of hydrogen-bond acceptors (Lipinski definition) is 4. The maximum atomic E-state index is 13.5. The molecule has 0 bridgehead atoms. The molecule has 1 aromatic heterocycles. The lowest BCUT2D eigenvalue weighted by Crippen LogP contribution is -2.57. The summed E-state index contributed by atoms with van der Waals surface area (Å²) in [4.78, 5) is 25.0. The molecule has 0 aromatic carbocycles. The molecule has 8 heteroatoms.